The molecule has 2 aromatic heterocycles. The molecule has 0 aliphatic rings. The maximum atomic E-state index is 2.52. The molecule has 2 heteroatoms. The third-order valence-electron chi connectivity index (χ3n) is 11.2. The molecule has 1 unspecified atom stereocenters. The molecule has 0 fully saturated rings. The molecular formula is C50H57N2+. The fourth-order valence-electron chi connectivity index (χ4n) is 7.85. The molecule has 266 valence electrons. The average Bonchev–Trinajstić information content (AvgIpc) is 3.49. The van der Waals surface area contributed by atoms with Crippen LogP contribution >= 0.6 is 0 Å². The van der Waals surface area contributed by atoms with Gasteiger partial charge in [-0.15, -0.1) is 0 Å². The summed E-state index contributed by atoms with van der Waals surface area (Å²) < 4.78 is 4.77. The van der Waals surface area contributed by atoms with Gasteiger partial charge in [0.1, 0.15) is 7.05 Å². The second kappa shape index (κ2) is 15.0. The van der Waals surface area contributed by atoms with Crippen LogP contribution in [0, 0.1) is 5.92 Å². The predicted molar refractivity (Wildman–Crippen MR) is 225 cm³/mol. The van der Waals surface area contributed by atoms with E-state index in [1.54, 1.807) is 0 Å². The number of pyridine rings is 1. The first-order valence-electron chi connectivity index (χ1n) is 19.3. The van der Waals surface area contributed by atoms with Gasteiger partial charge in [-0.3, -0.25) is 0 Å². The van der Waals surface area contributed by atoms with E-state index in [1.165, 1.54) is 72.1 Å². The van der Waals surface area contributed by atoms with Crippen LogP contribution in [0.15, 0.2) is 134 Å². The molecule has 2 nitrogen and oxygen atoms in total. The quantitative estimate of drug-likeness (QED) is 0.141. The predicted octanol–water partition coefficient (Wildman–Crippen LogP) is 13.6. The van der Waals surface area contributed by atoms with Crippen molar-refractivity contribution in [2.24, 2.45) is 13.0 Å². The molecule has 5 aromatic carbocycles. The molecule has 0 spiro atoms. The highest BCUT2D eigenvalue weighted by molar-refractivity contribution is 6.11. The summed E-state index contributed by atoms with van der Waals surface area (Å²) >= 11 is 0. The number of aromatic nitrogens is 2. The molecule has 2 heterocycles. The summed E-state index contributed by atoms with van der Waals surface area (Å²) in [5, 5.41) is 2.53. The summed E-state index contributed by atoms with van der Waals surface area (Å²) in [6.07, 6.45) is 4.54. The Bertz CT molecular complexity index is 2200. The van der Waals surface area contributed by atoms with Crippen LogP contribution in [-0.4, -0.2) is 4.57 Å². The standard InChI is InChI=1S/C48H51N2.C2H6/c1-9-27-48(7,33(2)3)43-31-38(47(4,5)6)22-23-40(43)46-32-39(26-28-49(46)8)50-44-24-20-36(34-16-12-10-13-17-34)29-41(44)42-30-37(21-25-45(42)50)35-18-14-11-15-19-35;1-2/h10-26,28-33H,9,27H2,1-8H3;1-2H3/q+1;. The number of hydrogen-bond donors (Lipinski definition) is 0. The highest BCUT2D eigenvalue weighted by atomic mass is 15.0. The molecule has 0 aliphatic carbocycles. The molecule has 0 bridgehead atoms. The zero-order valence-electron chi connectivity index (χ0n) is 33.1. The van der Waals surface area contributed by atoms with Crippen LogP contribution in [0.4, 0.5) is 0 Å². The number of nitrogens with zero attached hydrogens (tertiary/aromatic N) is 2. The monoisotopic (exact) mass is 685 g/mol. The molecule has 52 heavy (non-hydrogen) atoms. The van der Waals surface area contributed by atoms with Crippen molar-refractivity contribution in [3.05, 3.63) is 145 Å². The summed E-state index contributed by atoms with van der Waals surface area (Å²) in [5.41, 5.74) is 14.0. The normalized spacial score (nSPS) is 12.9. The maximum Gasteiger partial charge on any atom is 0.214 e. The van der Waals surface area contributed by atoms with E-state index in [0.717, 1.165) is 12.8 Å². The molecule has 0 amide bonds. The Balaban J connectivity index is 0.00000228. The van der Waals surface area contributed by atoms with E-state index in [1.807, 2.05) is 13.8 Å². The highest BCUT2D eigenvalue weighted by Crippen LogP contribution is 2.44. The van der Waals surface area contributed by atoms with Crippen molar-refractivity contribution >= 4 is 21.8 Å². The zero-order valence-corrected chi connectivity index (χ0v) is 33.1. The van der Waals surface area contributed by atoms with Gasteiger partial charge in [-0.25, -0.2) is 4.57 Å². The Kier molecular flexibility index (Phi) is 10.6. The minimum atomic E-state index is 0.0445. The summed E-state index contributed by atoms with van der Waals surface area (Å²) in [6.45, 7) is 20.6. The third-order valence-corrected chi connectivity index (χ3v) is 11.2. The Labute approximate surface area is 312 Å². The van der Waals surface area contributed by atoms with Gasteiger partial charge in [0.25, 0.3) is 0 Å². The van der Waals surface area contributed by atoms with Crippen molar-refractivity contribution in [3.63, 3.8) is 0 Å². The van der Waals surface area contributed by atoms with Crippen LogP contribution in [0.5, 0.6) is 0 Å². The molecule has 0 aliphatic heterocycles. The van der Waals surface area contributed by atoms with Gasteiger partial charge in [-0.2, -0.15) is 0 Å². The maximum absolute atomic E-state index is 2.52. The van der Waals surface area contributed by atoms with Gasteiger partial charge < -0.3 is 4.57 Å². The van der Waals surface area contributed by atoms with E-state index in [4.69, 9.17) is 0 Å². The molecule has 1 atom stereocenters. The van der Waals surface area contributed by atoms with E-state index in [9.17, 15) is 0 Å². The first-order chi connectivity index (χ1) is 25.0. The van der Waals surface area contributed by atoms with Crippen molar-refractivity contribution in [1.29, 1.82) is 0 Å². The molecule has 0 saturated heterocycles. The van der Waals surface area contributed by atoms with Crippen molar-refractivity contribution in [2.75, 3.05) is 0 Å². The van der Waals surface area contributed by atoms with Gasteiger partial charge in [0, 0.05) is 28.5 Å². The molecule has 7 aromatic rings. The van der Waals surface area contributed by atoms with Gasteiger partial charge in [-0.05, 0) is 86.9 Å². The second-order valence-electron chi connectivity index (χ2n) is 15.7. The molecule has 0 radical (unpaired) electrons. The van der Waals surface area contributed by atoms with Gasteiger partial charge in [-0.1, -0.05) is 154 Å². The smallest absolute Gasteiger partial charge is 0.214 e. The van der Waals surface area contributed by atoms with Crippen LogP contribution in [0.3, 0.4) is 0 Å². The first-order valence-corrected chi connectivity index (χ1v) is 19.3. The van der Waals surface area contributed by atoms with E-state index in [-0.39, 0.29) is 10.8 Å². The molecule has 7 rings (SSSR count). The first kappa shape index (κ1) is 36.8. The molecule has 0 saturated carbocycles. The topological polar surface area (TPSA) is 8.81 Å². The molecule has 0 N–H and O–H groups in total. The lowest BCUT2D eigenvalue weighted by Crippen LogP contribution is -2.34. The third kappa shape index (κ3) is 6.84. The number of benzene rings is 5. The number of rotatable bonds is 8. The Morgan fingerprint density at radius 1 is 0.615 bits per heavy atom. The number of fused-ring (bicyclic) bond motifs is 3. The average molecular weight is 686 g/mol. The lowest BCUT2D eigenvalue weighted by atomic mass is 9.67. The van der Waals surface area contributed by atoms with E-state index in [2.05, 4.69) is 198 Å². The van der Waals surface area contributed by atoms with E-state index >= 15 is 0 Å². The summed E-state index contributed by atoms with van der Waals surface area (Å²) in [4.78, 5) is 0. The SMILES string of the molecule is CC.CCCC(C)(c1cc(C(C)(C)C)ccc1-c1cc(-n2c3ccc(-c4ccccc4)cc3c3cc(-c4ccccc4)ccc32)cc[n+]1C)C(C)C. The van der Waals surface area contributed by atoms with Crippen LogP contribution in [0.25, 0.3) is 61.0 Å². The molecular weight excluding hydrogens is 629 g/mol. The van der Waals surface area contributed by atoms with E-state index < -0.39 is 0 Å². The fourth-order valence-corrected chi connectivity index (χ4v) is 7.85. The zero-order chi connectivity index (χ0) is 37.2. The summed E-state index contributed by atoms with van der Waals surface area (Å²) in [5.74, 6) is 0.500. The van der Waals surface area contributed by atoms with Gasteiger partial charge in [0.05, 0.1) is 16.7 Å². The second-order valence-corrected chi connectivity index (χ2v) is 15.7. The number of aryl methyl sites for hydroxylation is 1. The van der Waals surface area contributed by atoms with Crippen LogP contribution in [0.2, 0.25) is 0 Å². The van der Waals surface area contributed by atoms with Crippen LogP contribution in [0.1, 0.15) is 86.3 Å². The van der Waals surface area contributed by atoms with Crippen molar-refractivity contribution < 1.29 is 4.57 Å². The minimum Gasteiger partial charge on any atom is -0.309 e. The minimum absolute atomic E-state index is 0.0445. The highest BCUT2D eigenvalue weighted by Gasteiger charge is 2.35. The number of hydrogen-bond acceptors (Lipinski definition) is 0. The lowest BCUT2D eigenvalue weighted by Gasteiger charge is -2.37. The lowest BCUT2D eigenvalue weighted by molar-refractivity contribution is -0.660. The van der Waals surface area contributed by atoms with Crippen molar-refractivity contribution in [3.8, 4) is 39.2 Å². The van der Waals surface area contributed by atoms with Crippen molar-refractivity contribution in [2.45, 2.75) is 86.0 Å². The summed E-state index contributed by atoms with van der Waals surface area (Å²) in [7, 11) is 2.19. The van der Waals surface area contributed by atoms with Crippen LogP contribution < -0.4 is 4.57 Å². The Morgan fingerprint density at radius 2 is 1.15 bits per heavy atom. The van der Waals surface area contributed by atoms with Crippen LogP contribution in [-0.2, 0) is 17.9 Å². The van der Waals surface area contributed by atoms with Gasteiger partial charge in [0.2, 0.25) is 5.69 Å². The van der Waals surface area contributed by atoms with Crippen molar-refractivity contribution in [1.82, 2.24) is 4.57 Å². The van der Waals surface area contributed by atoms with Gasteiger partial charge >= 0.3 is 0 Å². The van der Waals surface area contributed by atoms with Gasteiger partial charge in [0.15, 0.2) is 6.20 Å². The largest absolute Gasteiger partial charge is 0.309 e. The van der Waals surface area contributed by atoms with E-state index in [0.29, 0.717) is 5.92 Å². The Hall–Kier alpha value is -4.95. The summed E-state index contributed by atoms with van der Waals surface area (Å²) in [6, 6.07) is 47.3. The fraction of sp³-hybridized carbons (Fsp3) is 0.300. The Morgan fingerprint density at radius 3 is 1.63 bits per heavy atom.